The Labute approximate surface area is 223 Å². The van der Waals surface area contributed by atoms with E-state index in [1.807, 2.05) is 27.7 Å². The number of alkyl halides is 6. The molecule has 0 unspecified atom stereocenters. The van der Waals surface area contributed by atoms with Gasteiger partial charge in [0, 0.05) is 27.1 Å². The first-order valence-electron chi connectivity index (χ1n) is 8.23. The molecule has 13 heteroatoms. The maximum Gasteiger partial charge on any atom is 0.479 e. The number of phosphoric ester groups is 1. The molecule has 0 saturated heterocycles. The molecule has 0 bridgehead atoms. The molecule has 0 heterocycles. The second kappa shape index (κ2) is 12.1. The first-order chi connectivity index (χ1) is 12.9. The molecule has 0 aromatic heterocycles. The Morgan fingerprint density at radius 3 is 1.59 bits per heavy atom. The van der Waals surface area contributed by atoms with E-state index in [1.165, 1.54) is 6.92 Å². The van der Waals surface area contributed by atoms with Crippen molar-refractivity contribution in [3.63, 3.8) is 0 Å². The minimum atomic E-state index is -4.21. The molecule has 0 fully saturated rings. The lowest BCUT2D eigenvalue weighted by molar-refractivity contribution is -0.139. The van der Waals surface area contributed by atoms with Crippen molar-refractivity contribution in [1.82, 2.24) is 0 Å². The third kappa shape index (κ3) is 9.53. The van der Waals surface area contributed by atoms with Gasteiger partial charge in [-0.2, -0.15) is 0 Å². The average Bonchev–Trinajstić information content (AvgIpc) is 2.56. The Hall–Kier alpha value is 2.20. The molecular weight excluding hydrogens is 799 g/mol. The van der Waals surface area contributed by atoms with Gasteiger partial charge in [-0.3, -0.25) is 13.6 Å². The number of halogens is 6. The normalized spacial score (nSPS) is 14.0. The maximum atomic E-state index is 13.6. The van der Waals surface area contributed by atoms with Gasteiger partial charge in [-0.15, -0.1) is 0 Å². The van der Waals surface area contributed by atoms with E-state index in [-0.39, 0.29) is 18.8 Å². The third-order valence-electron chi connectivity index (χ3n) is 3.61. The zero-order valence-corrected chi connectivity index (χ0v) is 27.1. The summed E-state index contributed by atoms with van der Waals surface area (Å²) in [7, 11) is -4.21. The monoisotopic (exact) mass is 818 g/mol. The summed E-state index contributed by atoms with van der Waals surface area (Å²) in [5, 5.41) is 1.01. The molecule has 0 aromatic rings. The summed E-state index contributed by atoms with van der Waals surface area (Å²) in [6.07, 6.45) is 0. The van der Waals surface area contributed by atoms with Gasteiger partial charge in [0.1, 0.15) is 6.61 Å². The fraction of sp³-hybridized carbons (Fsp3) is 0.812. The van der Waals surface area contributed by atoms with Crippen LogP contribution in [0, 0.1) is 10.8 Å². The molecule has 0 aromatic carbocycles. The van der Waals surface area contributed by atoms with E-state index in [1.54, 1.807) is 0 Å². The van der Waals surface area contributed by atoms with Crippen LogP contribution in [0.4, 0.5) is 0 Å². The van der Waals surface area contributed by atoms with Crippen LogP contribution in [0.2, 0.25) is 0 Å². The average molecular weight is 824 g/mol. The summed E-state index contributed by atoms with van der Waals surface area (Å²) in [4.78, 5) is 11.5. The number of esters is 1. The predicted molar refractivity (Wildman–Crippen MR) is 138 cm³/mol. The number of carbonyl (C=O) groups is 1. The van der Waals surface area contributed by atoms with Crippen molar-refractivity contribution in [2.24, 2.45) is 10.8 Å². The number of ether oxygens (including phenoxy) is 1. The third-order valence-corrected chi connectivity index (χ3v) is 13.9. The number of hydrogen-bond donors (Lipinski definition) is 0. The lowest BCUT2D eigenvalue weighted by Gasteiger charge is -2.41. The zero-order valence-electron chi connectivity index (χ0n) is 16.7. The quantitative estimate of drug-likeness (QED) is 0.0617. The fourth-order valence-corrected chi connectivity index (χ4v) is 7.64. The highest BCUT2D eigenvalue weighted by Crippen LogP contribution is 2.65. The molecule has 0 N–H and O–H groups in total. The van der Waals surface area contributed by atoms with Crippen molar-refractivity contribution in [2.45, 2.75) is 41.5 Å². The van der Waals surface area contributed by atoms with Crippen LogP contribution in [0.15, 0.2) is 12.2 Å². The van der Waals surface area contributed by atoms with Crippen LogP contribution >= 0.6 is 103 Å². The fourth-order valence-electron chi connectivity index (χ4n) is 1.16. The second-order valence-electron chi connectivity index (χ2n) is 7.45. The highest BCUT2D eigenvalue weighted by Gasteiger charge is 2.53. The van der Waals surface area contributed by atoms with Crippen LogP contribution in [0.5, 0.6) is 0 Å². The maximum absolute atomic E-state index is 13.6. The van der Waals surface area contributed by atoms with Crippen LogP contribution in [-0.2, 0) is 27.7 Å². The summed E-state index contributed by atoms with van der Waals surface area (Å²) in [6, 6.07) is 0. The van der Waals surface area contributed by atoms with Crippen molar-refractivity contribution in [2.75, 3.05) is 23.9 Å². The molecule has 0 spiro atoms. The van der Waals surface area contributed by atoms with Crippen LogP contribution in [0.1, 0.15) is 34.6 Å². The van der Waals surface area contributed by atoms with E-state index in [2.05, 4.69) is 102 Å². The van der Waals surface area contributed by atoms with E-state index in [4.69, 9.17) is 18.3 Å². The minimum Gasteiger partial charge on any atom is -0.460 e. The number of rotatable bonds is 13. The molecule has 0 radical (unpaired) electrons. The Kier molecular flexibility index (Phi) is 13.0. The Bertz CT molecular complexity index is 603. The van der Waals surface area contributed by atoms with Gasteiger partial charge in [-0.25, -0.2) is 9.36 Å². The number of carbonyl (C=O) groups excluding carboxylic acids is 1. The Balaban J connectivity index is 5.61. The summed E-state index contributed by atoms with van der Waals surface area (Å²) in [5.74, 6) is -0.572. The van der Waals surface area contributed by atoms with E-state index in [0.717, 1.165) is 0 Å². The summed E-state index contributed by atoms with van der Waals surface area (Å²) >= 11 is 20.5. The smallest absolute Gasteiger partial charge is 0.460 e. The molecule has 0 saturated carbocycles. The molecule has 0 amide bonds. The van der Waals surface area contributed by atoms with Crippen LogP contribution in [0.25, 0.3) is 0 Å². The molecule has 0 atom stereocenters. The van der Waals surface area contributed by atoms with Crippen LogP contribution in [-0.4, -0.2) is 36.7 Å². The first-order valence-corrected chi connectivity index (χ1v) is 15.1. The highest BCUT2D eigenvalue weighted by molar-refractivity contribution is 9.25. The van der Waals surface area contributed by atoms with Gasteiger partial charge in [-0.1, -0.05) is 66.1 Å². The highest BCUT2D eigenvalue weighted by atomic mass is 79.9. The standard InChI is InChI=1S/C16H25Br6O6P/c1-11(2)12(23)25-7-8-26-29(24,27-15(19,20)13(3,4)9-17)28-16(21,22)14(5,6)10-18/h1,7-10H2,2-6H3. The lowest BCUT2D eigenvalue weighted by Crippen LogP contribution is -2.40. The second-order valence-corrected chi connectivity index (χ2v) is 16.7. The van der Waals surface area contributed by atoms with Crippen molar-refractivity contribution in [1.29, 1.82) is 0 Å². The van der Waals surface area contributed by atoms with Gasteiger partial charge in [-0.05, 0) is 70.6 Å². The molecule has 29 heavy (non-hydrogen) atoms. The largest absolute Gasteiger partial charge is 0.479 e. The topological polar surface area (TPSA) is 71.1 Å². The van der Waals surface area contributed by atoms with Crippen molar-refractivity contribution >= 4 is 109 Å². The van der Waals surface area contributed by atoms with Gasteiger partial charge < -0.3 is 4.74 Å². The molecular formula is C16H25Br6O6P. The molecule has 6 nitrogen and oxygen atoms in total. The Morgan fingerprint density at radius 2 is 1.28 bits per heavy atom. The van der Waals surface area contributed by atoms with Crippen molar-refractivity contribution in [3.8, 4) is 0 Å². The van der Waals surface area contributed by atoms with Gasteiger partial charge in [0.25, 0.3) is 0 Å². The van der Waals surface area contributed by atoms with Crippen LogP contribution < -0.4 is 0 Å². The molecule has 172 valence electrons. The molecule has 0 aliphatic rings. The van der Waals surface area contributed by atoms with Crippen molar-refractivity contribution in [3.05, 3.63) is 12.2 Å². The van der Waals surface area contributed by atoms with Crippen LogP contribution in [0.3, 0.4) is 0 Å². The summed E-state index contributed by atoms with van der Waals surface area (Å²) < 4.78 is 33.1. The van der Waals surface area contributed by atoms with Gasteiger partial charge in [0.05, 0.1) is 6.61 Å². The molecule has 0 aliphatic carbocycles. The van der Waals surface area contributed by atoms with Crippen molar-refractivity contribution < 1.29 is 27.7 Å². The number of hydrogen-bond acceptors (Lipinski definition) is 6. The SMILES string of the molecule is C=C(C)C(=O)OCCOP(=O)(OC(Br)(Br)C(C)(C)CBr)OC(Br)(Br)C(C)(C)CBr. The Morgan fingerprint density at radius 1 is 0.897 bits per heavy atom. The zero-order chi connectivity index (χ0) is 23.3. The lowest BCUT2D eigenvalue weighted by atomic mass is 9.98. The first kappa shape index (κ1) is 31.2. The van der Waals surface area contributed by atoms with Gasteiger partial charge in [0.15, 0.2) is 6.84 Å². The van der Waals surface area contributed by atoms with E-state index < -0.39 is 31.5 Å². The number of phosphoric acid groups is 1. The van der Waals surface area contributed by atoms with E-state index >= 15 is 0 Å². The van der Waals surface area contributed by atoms with Gasteiger partial charge in [0.2, 0.25) is 0 Å². The predicted octanol–water partition coefficient (Wildman–Crippen LogP) is 7.99. The van der Waals surface area contributed by atoms with E-state index in [0.29, 0.717) is 10.7 Å². The van der Waals surface area contributed by atoms with E-state index in [9.17, 15) is 9.36 Å². The molecule has 0 rings (SSSR count). The summed E-state index contributed by atoms with van der Waals surface area (Å²) in [5.41, 5.74) is -0.874. The minimum absolute atomic E-state index is 0.152. The van der Waals surface area contributed by atoms with Gasteiger partial charge >= 0.3 is 13.8 Å². The molecule has 0 aliphatic heterocycles. The summed E-state index contributed by atoms with van der Waals surface area (Å²) in [6.45, 7) is 12.2.